The van der Waals surface area contributed by atoms with Crippen LogP contribution in [0.5, 0.6) is 0 Å². The lowest BCUT2D eigenvalue weighted by molar-refractivity contribution is -0.129. The summed E-state index contributed by atoms with van der Waals surface area (Å²) in [6.45, 7) is 6.18. The molecule has 2 fully saturated rings. The maximum absolute atomic E-state index is 12.4. The number of likely N-dealkylation sites (tertiary alicyclic amines) is 1. The van der Waals surface area contributed by atoms with Crippen molar-refractivity contribution in [2.45, 2.75) is 63.7 Å². The van der Waals surface area contributed by atoms with Gasteiger partial charge in [-0.15, -0.1) is 0 Å². The molecule has 0 aliphatic carbocycles. The number of nitrogens with zero attached hydrogens (tertiary/aromatic N) is 1. The Balaban J connectivity index is 1.49. The van der Waals surface area contributed by atoms with Crippen molar-refractivity contribution in [3.63, 3.8) is 0 Å². The molecule has 1 atom stereocenters. The van der Waals surface area contributed by atoms with Crippen molar-refractivity contribution in [3.05, 3.63) is 35.4 Å². The van der Waals surface area contributed by atoms with E-state index in [1.807, 2.05) is 0 Å². The van der Waals surface area contributed by atoms with Crippen molar-refractivity contribution < 1.29 is 9.53 Å². The van der Waals surface area contributed by atoms with Gasteiger partial charge in [0.25, 0.3) is 0 Å². The molecule has 2 saturated heterocycles. The van der Waals surface area contributed by atoms with E-state index < -0.39 is 5.54 Å². The molecule has 2 heterocycles. The van der Waals surface area contributed by atoms with Gasteiger partial charge >= 0.3 is 0 Å². The molecule has 2 aliphatic heterocycles. The molecule has 0 radical (unpaired) electrons. The van der Waals surface area contributed by atoms with Gasteiger partial charge < -0.3 is 15.8 Å². The number of benzene rings is 1. The average Bonchev–Trinajstić information content (AvgIpc) is 2.63. The van der Waals surface area contributed by atoms with Crippen LogP contribution in [0.2, 0.25) is 0 Å². The number of nitrogens with one attached hydrogen (secondary N) is 1. The highest BCUT2D eigenvalue weighted by molar-refractivity contribution is 5.86. The number of hydrogen-bond donors (Lipinski definition) is 2. The lowest BCUT2D eigenvalue weighted by Crippen LogP contribution is -2.56. The molecule has 0 bridgehead atoms. The Bertz CT molecular complexity index is 567. The van der Waals surface area contributed by atoms with Crippen LogP contribution in [0.15, 0.2) is 24.3 Å². The molecule has 3 rings (SSSR count). The predicted molar refractivity (Wildman–Crippen MR) is 99.0 cm³/mol. The first-order valence-corrected chi connectivity index (χ1v) is 9.54. The minimum atomic E-state index is -0.775. The van der Waals surface area contributed by atoms with Crippen molar-refractivity contribution in [2.24, 2.45) is 5.73 Å². The van der Waals surface area contributed by atoms with Crippen LogP contribution in [-0.4, -0.2) is 42.1 Å². The van der Waals surface area contributed by atoms with Gasteiger partial charge in [-0.05, 0) is 50.3 Å². The molecular weight excluding hydrogens is 314 g/mol. The van der Waals surface area contributed by atoms with Gasteiger partial charge in [-0.3, -0.25) is 9.69 Å². The Kier molecular flexibility index (Phi) is 6.10. The average molecular weight is 345 g/mol. The SMILES string of the molecule is CC1CCCCN1Cc1ccc(CNC(=O)C2(N)CCOCC2)cc1. The maximum atomic E-state index is 12.4. The van der Waals surface area contributed by atoms with Gasteiger partial charge in [0.15, 0.2) is 0 Å². The van der Waals surface area contributed by atoms with Crippen molar-refractivity contribution >= 4 is 5.91 Å². The second kappa shape index (κ2) is 8.30. The Morgan fingerprint density at radius 3 is 2.60 bits per heavy atom. The Labute approximate surface area is 150 Å². The zero-order valence-corrected chi connectivity index (χ0v) is 15.3. The third-order valence-corrected chi connectivity index (χ3v) is 5.64. The number of hydrogen-bond acceptors (Lipinski definition) is 4. The third-order valence-electron chi connectivity index (χ3n) is 5.64. The van der Waals surface area contributed by atoms with Gasteiger partial charge in [-0.1, -0.05) is 30.7 Å². The number of piperidine rings is 1. The predicted octanol–water partition coefficient (Wildman–Crippen LogP) is 2.19. The summed E-state index contributed by atoms with van der Waals surface area (Å²) in [6, 6.07) is 9.24. The highest BCUT2D eigenvalue weighted by Crippen LogP contribution is 2.20. The second-order valence-electron chi connectivity index (χ2n) is 7.58. The standard InChI is InChI=1S/C20H31N3O2/c1-16-4-2-3-11-23(16)15-18-7-5-17(6-8-18)14-22-19(24)20(21)9-12-25-13-10-20/h5-8,16H,2-4,9-15,21H2,1H3,(H,22,24). The molecule has 2 aliphatic rings. The third kappa shape index (κ3) is 4.81. The Hall–Kier alpha value is -1.43. The number of carbonyl (C=O) groups excluding carboxylic acids is 1. The van der Waals surface area contributed by atoms with E-state index in [0.29, 0.717) is 38.6 Å². The van der Waals surface area contributed by atoms with Crippen molar-refractivity contribution in [2.75, 3.05) is 19.8 Å². The fraction of sp³-hybridized carbons (Fsp3) is 0.650. The van der Waals surface area contributed by atoms with Crippen LogP contribution < -0.4 is 11.1 Å². The number of carbonyl (C=O) groups is 1. The molecule has 3 N–H and O–H groups in total. The summed E-state index contributed by atoms with van der Waals surface area (Å²) >= 11 is 0. The molecule has 0 spiro atoms. The summed E-state index contributed by atoms with van der Waals surface area (Å²) in [4.78, 5) is 14.9. The fourth-order valence-corrected chi connectivity index (χ4v) is 3.71. The van der Waals surface area contributed by atoms with Crippen molar-refractivity contribution in [1.29, 1.82) is 0 Å². The lowest BCUT2D eigenvalue weighted by Gasteiger charge is -2.33. The lowest BCUT2D eigenvalue weighted by atomic mass is 9.90. The summed E-state index contributed by atoms with van der Waals surface area (Å²) < 4.78 is 5.30. The van der Waals surface area contributed by atoms with E-state index in [1.54, 1.807) is 0 Å². The van der Waals surface area contributed by atoms with Crippen LogP contribution in [0, 0.1) is 0 Å². The zero-order chi connectivity index (χ0) is 17.7. The summed E-state index contributed by atoms with van der Waals surface area (Å²) in [5.74, 6) is -0.0676. The van der Waals surface area contributed by atoms with Crippen LogP contribution >= 0.6 is 0 Å². The van der Waals surface area contributed by atoms with Crippen molar-refractivity contribution in [3.8, 4) is 0 Å². The number of rotatable bonds is 5. The summed E-state index contributed by atoms with van der Waals surface area (Å²) in [5, 5.41) is 2.99. The molecule has 5 nitrogen and oxygen atoms in total. The van der Waals surface area contributed by atoms with Crippen LogP contribution in [-0.2, 0) is 22.6 Å². The summed E-state index contributed by atoms with van der Waals surface area (Å²) in [7, 11) is 0. The van der Waals surface area contributed by atoms with Gasteiger partial charge in [-0.2, -0.15) is 0 Å². The van der Waals surface area contributed by atoms with E-state index in [4.69, 9.17) is 10.5 Å². The van der Waals surface area contributed by atoms with Gasteiger partial charge in [0, 0.05) is 32.3 Å². The van der Waals surface area contributed by atoms with Crippen molar-refractivity contribution in [1.82, 2.24) is 10.2 Å². The first-order chi connectivity index (χ1) is 12.1. The minimum Gasteiger partial charge on any atom is -0.381 e. The van der Waals surface area contributed by atoms with Crippen LogP contribution in [0.4, 0.5) is 0 Å². The quantitative estimate of drug-likeness (QED) is 0.858. The first-order valence-electron chi connectivity index (χ1n) is 9.54. The molecule has 1 aromatic carbocycles. The smallest absolute Gasteiger partial charge is 0.240 e. The molecule has 5 heteroatoms. The molecule has 0 saturated carbocycles. The van der Waals surface area contributed by atoms with E-state index in [9.17, 15) is 4.79 Å². The molecule has 25 heavy (non-hydrogen) atoms. The van der Waals surface area contributed by atoms with Gasteiger partial charge in [-0.25, -0.2) is 0 Å². The molecule has 1 amide bonds. The Morgan fingerprint density at radius 1 is 1.24 bits per heavy atom. The fourth-order valence-electron chi connectivity index (χ4n) is 3.71. The molecule has 138 valence electrons. The van der Waals surface area contributed by atoms with Crippen LogP contribution in [0.25, 0.3) is 0 Å². The van der Waals surface area contributed by atoms with E-state index >= 15 is 0 Å². The topological polar surface area (TPSA) is 67.6 Å². The zero-order valence-electron chi connectivity index (χ0n) is 15.3. The molecule has 1 unspecified atom stereocenters. The largest absolute Gasteiger partial charge is 0.381 e. The molecule has 1 aromatic rings. The van der Waals surface area contributed by atoms with E-state index in [0.717, 1.165) is 12.1 Å². The second-order valence-corrected chi connectivity index (χ2v) is 7.58. The van der Waals surface area contributed by atoms with Gasteiger partial charge in [0.05, 0.1) is 5.54 Å². The summed E-state index contributed by atoms with van der Waals surface area (Å²) in [5.41, 5.74) is 7.88. The monoisotopic (exact) mass is 345 g/mol. The number of ether oxygens (including phenoxy) is 1. The van der Waals surface area contributed by atoms with E-state index in [1.165, 1.54) is 31.4 Å². The number of nitrogens with two attached hydrogens (primary N) is 1. The molecule has 0 aromatic heterocycles. The van der Waals surface area contributed by atoms with Crippen LogP contribution in [0.1, 0.15) is 50.2 Å². The van der Waals surface area contributed by atoms with E-state index in [2.05, 4.69) is 41.4 Å². The highest BCUT2D eigenvalue weighted by Gasteiger charge is 2.35. The Morgan fingerprint density at radius 2 is 1.92 bits per heavy atom. The number of amides is 1. The summed E-state index contributed by atoms with van der Waals surface area (Å²) in [6.07, 6.45) is 5.14. The highest BCUT2D eigenvalue weighted by atomic mass is 16.5. The maximum Gasteiger partial charge on any atom is 0.240 e. The van der Waals surface area contributed by atoms with Gasteiger partial charge in [0.1, 0.15) is 0 Å². The first kappa shape index (κ1) is 18.4. The normalized spacial score (nSPS) is 24.0. The minimum absolute atomic E-state index is 0.0676. The van der Waals surface area contributed by atoms with E-state index in [-0.39, 0.29) is 5.91 Å². The molecular formula is C20H31N3O2. The van der Waals surface area contributed by atoms with Gasteiger partial charge in [0.2, 0.25) is 5.91 Å². The van der Waals surface area contributed by atoms with Crippen LogP contribution in [0.3, 0.4) is 0 Å².